The summed E-state index contributed by atoms with van der Waals surface area (Å²) in [5.41, 5.74) is 3.07. The van der Waals surface area contributed by atoms with E-state index in [4.69, 9.17) is 10.5 Å². The number of hydrogen-bond donors (Lipinski definition) is 2. The number of nitrogens with two attached hydrogens (primary N) is 1. The van der Waals surface area contributed by atoms with E-state index in [2.05, 4.69) is 9.88 Å². The van der Waals surface area contributed by atoms with E-state index in [1.54, 1.807) is 12.1 Å². The number of sulfonamides is 1. The molecule has 0 aliphatic carbocycles. The lowest BCUT2D eigenvalue weighted by atomic mass is 9.90. The van der Waals surface area contributed by atoms with Gasteiger partial charge in [0.15, 0.2) is 5.60 Å². The average Bonchev–Trinajstić information content (AvgIpc) is 2.84. The molecule has 2 atom stereocenters. The molecule has 2 fully saturated rings. The molecule has 2 aliphatic heterocycles. The molecule has 2 saturated heterocycles. The maximum absolute atomic E-state index is 13.3. The first-order valence-electron chi connectivity index (χ1n) is 11.9. The standard InChI is InChI=1S/C24H31F3N4O4S/c1-23(32,24(25,26)27)18-2-4-19(5-3-18)31-11-10-30(16-20(31)14-17-8-12-35-13-9-17)36(33,34)21-6-7-22(28)29-15-21/h2-7,15,17,20,32H,8-14,16H2,1H3,(H2,28,29). The monoisotopic (exact) mass is 528 g/mol. The lowest BCUT2D eigenvalue weighted by molar-refractivity contribution is -0.258. The van der Waals surface area contributed by atoms with Crippen molar-refractivity contribution in [1.29, 1.82) is 0 Å². The molecule has 12 heteroatoms. The molecular formula is C24H31F3N4O4S. The number of aliphatic hydroxyl groups is 1. The van der Waals surface area contributed by atoms with Gasteiger partial charge in [0.05, 0.1) is 0 Å². The lowest BCUT2D eigenvalue weighted by Crippen LogP contribution is -2.55. The van der Waals surface area contributed by atoms with Crippen molar-refractivity contribution in [3.05, 3.63) is 48.2 Å². The maximum Gasteiger partial charge on any atom is 0.421 e. The predicted molar refractivity (Wildman–Crippen MR) is 129 cm³/mol. The van der Waals surface area contributed by atoms with Crippen LogP contribution in [0.4, 0.5) is 24.7 Å². The first kappa shape index (κ1) is 26.6. The number of aromatic nitrogens is 1. The summed E-state index contributed by atoms with van der Waals surface area (Å²) in [6.45, 7) is 2.83. The van der Waals surface area contributed by atoms with Gasteiger partial charge in [-0.05, 0) is 61.9 Å². The molecule has 3 N–H and O–H groups in total. The highest BCUT2D eigenvalue weighted by atomic mass is 32.2. The Balaban J connectivity index is 1.59. The molecule has 0 spiro atoms. The zero-order valence-electron chi connectivity index (χ0n) is 20.0. The quantitative estimate of drug-likeness (QED) is 0.593. The Morgan fingerprint density at radius 2 is 1.78 bits per heavy atom. The summed E-state index contributed by atoms with van der Waals surface area (Å²) < 4.78 is 73.3. The van der Waals surface area contributed by atoms with Crippen molar-refractivity contribution in [1.82, 2.24) is 9.29 Å². The van der Waals surface area contributed by atoms with Gasteiger partial charge in [0.2, 0.25) is 10.0 Å². The second kappa shape index (κ2) is 10.2. The zero-order valence-corrected chi connectivity index (χ0v) is 20.8. The van der Waals surface area contributed by atoms with Crippen LogP contribution in [0.2, 0.25) is 0 Å². The van der Waals surface area contributed by atoms with Crippen molar-refractivity contribution in [2.24, 2.45) is 5.92 Å². The Labute approximate surface area is 208 Å². The van der Waals surface area contributed by atoms with Gasteiger partial charge in [-0.2, -0.15) is 17.5 Å². The van der Waals surface area contributed by atoms with Crippen LogP contribution in [0.1, 0.15) is 31.7 Å². The normalized spacial score (nSPS) is 22.4. The molecular weight excluding hydrogens is 497 g/mol. The van der Waals surface area contributed by atoms with Gasteiger partial charge in [-0.15, -0.1) is 0 Å². The smallest absolute Gasteiger partial charge is 0.384 e. The van der Waals surface area contributed by atoms with Crippen LogP contribution in [-0.4, -0.2) is 67.9 Å². The van der Waals surface area contributed by atoms with Crippen LogP contribution in [-0.2, 0) is 20.4 Å². The van der Waals surface area contributed by atoms with Crippen LogP contribution in [0.15, 0.2) is 47.5 Å². The number of pyridine rings is 1. The van der Waals surface area contributed by atoms with Crippen LogP contribution < -0.4 is 10.6 Å². The Hall–Kier alpha value is -2.41. The topological polar surface area (TPSA) is 109 Å². The number of piperazine rings is 1. The van der Waals surface area contributed by atoms with E-state index in [0.717, 1.165) is 26.2 Å². The summed E-state index contributed by atoms with van der Waals surface area (Å²) in [5.74, 6) is 0.571. The number of benzene rings is 1. The van der Waals surface area contributed by atoms with Gasteiger partial charge in [0.1, 0.15) is 10.7 Å². The minimum absolute atomic E-state index is 0.0636. The van der Waals surface area contributed by atoms with E-state index in [1.807, 2.05) is 0 Å². The molecule has 8 nitrogen and oxygen atoms in total. The predicted octanol–water partition coefficient (Wildman–Crippen LogP) is 3.13. The highest BCUT2D eigenvalue weighted by Crippen LogP contribution is 2.39. The molecule has 0 bridgehead atoms. The summed E-state index contributed by atoms with van der Waals surface area (Å²) in [6.07, 6.45) is -1.11. The van der Waals surface area contributed by atoms with Gasteiger partial charge in [-0.1, -0.05) is 12.1 Å². The van der Waals surface area contributed by atoms with Gasteiger partial charge < -0.3 is 20.5 Å². The summed E-state index contributed by atoms with van der Waals surface area (Å²) in [7, 11) is -3.79. The van der Waals surface area contributed by atoms with Crippen molar-refractivity contribution in [2.45, 2.75) is 48.9 Å². The summed E-state index contributed by atoms with van der Waals surface area (Å²) in [5, 5.41) is 10.0. The molecule has 36 heavy (non-hydrogen) atoms. The van der Waals surface area contributed by atoms with Crippen molar-refractivity contribution in [3.8, 4) is 0 Å². The van der Waals surface area contributed by atoms with Crippen LogP contribution in [0.3, 0.4) is 0 Å². The zero-order chi connectivity index (χ0) is 26.1. The lowest BCUT2D eigenvalue weighted by Gasteiger charge is -2.44. The van der Waals surface area contributed by atoms with Crippen molar-refractivity contribution < 1.29 is 31.4 Å². The van der Waals surface area contributed by atoms with Gasteiger partial charge in [-0.25, -0.2) is 13.4 Å². The fourth-order valence-electron chi connectivity index (χ4n) is 4.79. The highest BCUT2D eigenvalue weighted by molar-refractivity contribution is 7.89. The molecule has 198 valence electrons. The number of alkyl halides is 3. The number of hydrogen-bond acceptors (Lipinski definition) is 7. The number of anilines is 2. The maximum atomic E-state index is 13.3. The molecule has 3 heterocycles. The number of rotatable bonds is 6. The molecule has 1 aromatic carbocycles. The van der Waals surface area contributed by atoms with Crippen LogP contribution >= 0.6 is 0 Å². The van der Waals surface area contributed by atoms with Gasteiger partial charge in [-0.3, -0.25) is 0 Å². The van der Waals surface area contributed by atoms with Crippen molar-refractivity contribution in [2.75, 3.05) is 43.5 Å². The SMILES string of the molecule is CC(O)(c1ccc(N2CCN(S(=O)(=O)c3ccc(N)nc3)CC2CC2CCOCC2)cc1)C(F)(F)F. The van der Waals surface area contributed by atoms with Crippen LogP contribution in [0.25, 0.3) is 0 Å². The van der Waals surface area contributed by atoms with Crippen molar-refractivity contribution in [3.63, 3.8) is 0 Å². The molecule has 0 amide bonds. The molecule has 0 saturated carbocycles. The van der Waals surface area contributed by atoms with E-state index in [-0.39, 0.29) is 35.4 Å². The number of nitrogen functional groups attached to an aromatic ring is 1. The van der Waals surface area contributed by atoms with Gasteiger partial charge >= 0.3 is 6.18 Å². The number of ether oxygens (including phenoxy) is 1. The van der Waals surface area contributed by atoms with Crippen molar-refractivity contribution >= 4 is 21.5 Å². The molecule has 4 rings (SSSR count). The van der Waals surface area contributed by atoms with E-state index in [0.29, 0.717) is 31.4 Å². The fourth-order valence-corrected chi connectivity index (χ4v) is 6.20. The van der Waals surface area contributed by atoms with E-state index in [1.165, 1.54) is 34.8 Å². The number of nitrogens with zero attached hydrogens (tertiary/aromatic N) is 3. The molecule has 1 aromatic heterocycles. The number of halogens is 3. The summed E-state index contributed by atoms with van der Waals surface area (Å²) in [6, 6.07) is 8.35. The molecule has 0 radical (unpaired) electrons. The molecule has 2 aliphatic rings. The second-order valence-electron chi connectivity index (χ2n) is 9.54. The largest absolute Gasteiger partial charge is 0.421 e. The highest BCUT2D eigenvalue weighted by Gasteiger charge is 2.51. The average molecular weight is 529 g/mol. The van der Waals surface area contributed by atoms with E-state index in [9.17, 15) is 26.7 Å². The van der Waals surface area contributed by atoms with Crippen LogP contribution in [0, 0.1) is 5.92 Å². The van der Waals surface area contributed by atoms with Gasteiger partial charge in [0, 0.05) is 50.8 Å². The third kappa shape index (κ3) is 5.46. The first-order chi connectivity index (χ1) is 16.9. The van der Waals surface area contributed by atoms with E-state index >= 15 is 0 Å². The van der Waals surface area contributed by atoms with E-state index < -0.39 is 21.8 Å². The Bertz CT molecular complexity index is 1140. The Morgan fingerprint density at radius 3 is 2.36 bits per heavy atom. The fraction of sp³-hybridized carbons (Fsp3) is 0.542. The third-order valence-corrected chi connectivity index (χ3v) is 8.95. The summed E-state index contributed by atoms with van der Waals surface area (Å²) in [4.78, 5) is 6.02. The first-order valence-corrected chi connectivity index (χ1v) is 13.3. The van der Waals surface area contributed by atoms with Crippen LogP contribution in [0.5, 0.6) is 0 Å². The second-order valence-corrected chi connectivity index (χ2v) is 11.5. The molecule has 2 aromatic rings. The van der Waals surface area contributed by atoms with Gasteiger partial charge in [0.25, 0.3) is 0 Å². The minimum atomic E-state index is -4.81. The molecule has 2 unspecified atom stereocenters. The Morgan fingerprint density at radius 1 is 1.11 bits per heavy atom. The minimum Gasteiger partial charge on any atom is -0.384 e. The third-order valence-electron chi connectivity index (χ3n) is 7.10. The summed E-state index contributed by atoms with van der Waals surface area (Å²) >= 11 is 0. The Kier molecular flexibility index (Phi) is 7.52.